The molecule has 1 aromatic rings. The topological polar surface area (TPSA) is 63.5 Å². The van der Waals surface area contributed by atoms with Gasteiger partial charge in [-0.2, -0.15) is 0 Å². The summed E-state index contributed by atoms with van der Waals surface area (Å²) in [4.78, 5) is 15.9. The van der Waals surface area contributed by atoms with E-state index in [0.29, 0.717) is 5.75 Å². The first-order chi connectivity index (χ1) is 12.0. The number of hydrogen-bond acceptors (Lipinski definition) is 6. The minimum atomic E-state index is 0.0880. The molecule has 140 valence electrons. The van der Waals surface area contributed by atoms with Crippen LogP contribution in [0.3, 0.4) is 0 Å². The number of piperidine rings is 1. The van der Waals surface area contributed by atoms with Gasteiger partial charge in [-0.3, -0.25) is 9.36 Å². The third kappa shape index (κ3) is 4.67. The van der Waals surface area contributed by atoms with Crippen LogP contribution in [0.25, 0.3) is 0 Å². The van der Waals surface area contributed by atoms with Crippen molar-refractivity contribution in [1.82, 2.24) is 19.7 Å². The number of nitrogens with zero attached hydrogens (tertiary/aromatic N) is 5. The number of rotatable bonds is 6. The highest BCUT2D eigenvalue weighted by Crippen LogP contribution is 2.28. The molecule has 2 fully saturated rings. The maximum absolute atomic E-state index is 11.9. The van der Waals surface area contributed by atoms with Crippen LogP contribution in [0.5, 0.6) is 0 Å². The van der Waals surface area contributed by atoms with Gasteiger partial charge >= 0.3 is 0 Å². The summed E-state index contributed by atoms with van der Waals surface area (Å²) in [7, 11) is 3.56. The third-order valence-corrected chi connectivity index (χ3v) is 5.95. The molecule has 0 aliphatic carbocycles. The highest BCUT2D eigenvalue weighted by molar-refractivity contribution is 7.99. The van der Waals surface area contributed by atoms with Gasteiger partial charge in [0.05, 0.1) is 18.4 Å². The van der Waals surface area contributed by atoms with Gasteiger partial charge in [-0.05, 0) is 31.6 Å². The summed E-state index contributed by atoms with van der Waals surface area (Å²) in [5, 5.41) is 9.68. The zero-order valence-corrected chi connectivity index (χ0v) is 16.3. The van der Waals surface area contributed by atoms with Crippen LogP contribution in [0.2, 0.25) is 0 Å². The van der Waals surface area contributed by atoms with E-state index in [2.05, 4.69) is 26.6 Å². The summed E-state index contributed by atoms with van der Waals surface area (Å²) < 4.78 is 7.99. The van der Waals surface area contributed by atoms with Gasteiger partial charge in [-0.1, -0.05) is 18.7 Å². The van der Waals surface area contributed by atoms with Crippen molar-refractivity contribution in [2.75, 3.05) is 44.4 Å². The van der Waals surface area contributed by atoms with Gasteiger partial charge < -0.3 is 14.5 Å². The molecule has 0 bridgehead atoms. The zero-order valence-electron chi connectivity index (χ0n) is 15.5. The molecule has 0 N–H and O–H groups in total. The van der Waals surface area contributed by atoms with Crippen molar-refractivity contribution in [3.63, 3.8) is 0 Å². The second kappa shape index (κ2) is 8.40. The second-order valence-electron chi connectivity index (χ2n) is 7.27. The predicted molar refractivity (Wildman–Crippen MR) is 99.0 cm³/mol. The standard InChI is InChI=1S/C17H29N5O2S/c1-13-6-8-21(9-7-13)16-18-19-17(25-12-15(23)20(2)3)22(16)11-14-5-4-10-24-14/h13-14H,4-12H2,1-3H3. The molecule has 25 heavy (non-hydrogen) atoms. The van der Waals surface area contributed by atoms with E-state index in [-0.39, 0.29) is 12.0 Å². The predicted octanol–water partition coefficient (Wildman–Crippen LogP) is 1.87. The normalized spacial score (nSPS) is 21.7. The Kier molecular flexibility index (Phi) is 6.22. The molecule has 0 radical (unpaired) electrons. The Bertz CT molecular complexity index is 578. The number of ether oxygens (including phenoxy) is 1. The fourth-order valence-corrected chi connectivity index (χ4v) is 4.16. The van der Waals surface area contributed by atoms with E-state index in [1.807, 2.05) is 0 Å². The van der Waals surface area contributed by atoms with Gasteiger partial charge in [-0.25, -0.2) is 0 Å². The quantitative estimate of drug-likeness (QED) is 0.716. The molecule has 0 spiro atoms. The average Bonchev–Trinajstić information content (AvgIpc) is 3.24. The van der Waals surface area contributed by atoms with Gasteiger partial charge in [0.1, 0.15) is 0 Å². The van der Waals surface area contributed by atoms with Gasteiger partial charge in [0.15, 0.2) is 5.16 Å². The lowest BCUT2D eigenvalue weighted by molar-refractivity contribution is -0.125. The molecular formula is C17H29N5O2S. The van der Waals surface area contributed by atoms with Crippen molar-refractivity contribution >= 4 is 23.6 Å². The second-order valence-corrected chi connectivity index (χ2v) is 8.22. The van der Waals surface area contributed by atoms with Crippen LogP contribution in [0, 0.1) is 5.92 Å². The number of thioether (sulfide) groups is 1. The lowest BCUT2D eigenvalue weighted by atomic mass is 10.00. The first kappa shape index (κ1) is 18.5. The summed E-state index contributed by atoms with van der Waals surface area (Å²) in [6, 6.07) is 0. The lowest BCUT2D eigenvalue weighted by Gasteiger charge is -2.31. The van der Waals surface area contributed by atoms with E-state index < -0.39 is 0 Å². The van der Waals surface area contributed by atoms with Crippen LogP contribution in [0.4, 0.5) is 5.95 Å². The molecule has 3 rings (SSSR count). The van der Waals surface area contributed by atoms with Crippen LogP contribution in [0.1, 0.15) is 32.6 Å². The summed E-state index contributed by atoms with van der Waals surface area (Å²) in [6.07, 6.45) is 4.80. The highest BCUT2D eigenvalue weighted by Gasteiger charge is 2.26. The maximum atomic E-state index is 11.9. The Hall–Kier alpha value is -1.28. The highest BCUT2D eigenvalue weighted by atomic mass is 32.2. The number of anilines is 1. The lowest BCUT2D eigenvalue weighted by Crippen LogP contribution is -2.35. The van der Waals surface area contributed by atoms with Crippen LogP contribution in [0.15, 0.2) is 5.16 Å². The van der Waals surface area contributed by atoms with Gasteiger partial charge in [0.25, 0.3) is 0 Å². The molecule has 1 aromatic heterocycles. The molecule has 1 atom stereocenters. The fourth-order valence-electron chi connectivity index (χ4n) is 3.24. The molecule has 8 heteroatoms. The monoisotopic (exact) mass is 367 g/mol. The van der Waals surface area contributed by atoms with Crippen molar-refractivity contribution < 1.29 is 9.53 Å². The van der Waals surface area contributed by atoms with Gasteiger partial charge in [0.2, 0.25) is 11.9 Å². The van der Waals surface area contributed by atoms with Crippen molar-refractivity contribution in [2.45, 2.75) is 50.4 Å². The molecule has 1 unspecified atom stereocenters. The Morgan fingerprint density at radius 1 is 1.28 bits per heavy atom. The summed E-state index contributed by atoms with van der Waals surface area (Å²) in [6.45, 7) is 5.96. The molecule has 2 saturated heterocycles. The molecule has 0 saturated carbocycles. The fraction of sp³-hybridized carbons (Fsp3) is 0.824. The Morgan fingerprint density at radius 2 is 2.04 bits per heavy atom. The van der Waals surface area contributed by atoms with E-state index in [1.165, 1.54) is 24.6 Å². The molecule has 3 heterocycles. The van der Waals surface area contributed by atoms with Crippen LogP contribution >= 0.6 is 11.8 Å². The van der Waals surface area contributed by atoms with Crippen molar-refractivity contribution in [3.05, 3.63) is 0 Å². The average molecular weight is 368 g/mol. The molecule has 7 nitrogen and oxygen atoms in total. The third-order valence-electron chi connectivity index (χ3n) is 5.00. The SMILES string of the molecule is CC1CCN(c2nnc(SCC(=O)N(C)C)n2CC2CCCO2)CC1. The molecule has 2 aliphatic heterocycles. The van der Waals surface area contributed by atoms with E-state index in [1.54, 1.807) is 19.0 Å². The maximum Gasteiger partial charge on any atom is 0.232 e. The number of aromatic nitrogens is 3. The smallest absolute Gasteiger partial charge is 0.232 e. The van der Waals surface area contributed by atoms with Crippen LogP contribution < -0.4 is 4.90 Å². The number of carbonyl (C=O) groups is 1. The summed E-state index contributed by atoms with van der Waals surface area (Å²) in [5.41, 5.74) is 0. The zero-order chi connectivity index (χ0) is 17.8. The number of carbonyl (C=O) groups excluding carboxylic acids is 1. The largest absolute Gasteiger partial charge is 0.376 e. The van der Waals surface area contributed by atoms with E-state index in [4.69, 9.17) is 4.74 Å². The van der Waals surface area contributed by atoms with Crippen LogP contribution in [-0.4, -0.2) is 71.2 Å². The first-order valence-electron chi connectivity index (χ1n) is 9.17. The van der Waals surface area contributed by atoms with Gasteiger partial charge in [-0.15, -0.1) is 10.2 Å². The van der Waals surface area contributed by atoms with E-state index in [9.17, 15) is 4.79 Å². The Morgan fingerprint density at radius 3 is 2.68 bits per heavy atom. The van der Waals surface area contributed by atoms with E-state index in [0.717, 1.165) is 56.1 Å². The molecule has 0 aromatic carbocycles. The Labute approximate surface area is 154 Å². The van der Waals surface area contributed by atoms with Crippen LogP contribution in [-0.2, 0) is 16.1 Å². The first-order valence-corrected chi connectivity index (χ1v) is 10.2. The van der Waals surface area contributed by atoms with Crippen molar-refractivity contribution in [2.24, 2.45) is 5.92 Å². The summed E-state index contributed by atoms with van der Waals surface area (Å²) >= 11 is 1.47. The number of hydrogen-bond donors (Lipinski definition) is 0. The summed E-state index contributed by atoms with van der Waals surface area (Å²) in [5.74, 6) is 2.18. The van der Waals surface area contributed by atoms with E-state index >= 15 is 0 Å². The minimum absolute atomic E-state index is 0.0880. The molecular weight excluding hydrogens is 338 g/mol. The van der Waals surface area contributed by atoms with Crippen molar-refractivity contribution in [1.29, 1.82) is 0 Å². The van der Waals surface area contributed by atoms with Gasteiger partial charge in [0, 0.05) is 33.8 Å². The Balaban J connectivity index is 1.75. The minimum Gasteiger partial charge on any atom is -0.376 e. The van der Waals surface area contributed by atoms with Crippen molar-refractivity contribution in [3.8, 4) is 0 Å². The molecule has 1 amide bonds. The number of amides is 1. The molecule has 2 aliphatic rings.